The van der Waals surface area contributed by atoms with Crippen LogP contribution in [-0.2, 0) is 6.42 Å². The molecule has 0 aliphatic carbocycles. The zero-order valence-electron chi connectivity index (χ0n) is 14.8. The van der Waals surface area contributed by atoms with Crippen molar-refractivity contribution in [1.82, 2.24) is 5.32 Å². The number of hydrogen-bond acceptors (Lipinski definition) is 5. The zero-order valence-corrected chi connectivity index (χ0v) is 16.3. The maximum atomic E-state index is 12.6. The maximum absolute atomic E-state index is 12.6. The summed E-state index contributed by atoms with van der Waals surface area (Å²) in [6.07, 6.45) is 2.30. The van der Waals surface area contributed by atoms with E-state index in [-0.39, 0.29) is 11.9 Å². The average molecular weight is 403 g/mol. The van der Waals surface area contributed by atoms with Gasteiger partial charge in [-0.3, -0.25) is 4.79 Å². The van der Waals surface area contributed by atoms with Crippen molar-refractivity contribution < 1.29 is 13.9 Å². The van der Waals surface area contributed by atoms with E-state index in [1.54, 1.807) is 6.26 Å². The molecule has 27 heavy (non-hydrogen) atoms. The molecule has 1 aromatic carbocycles. The highest BCUT2D eigenvalue weighted by atomic mass is 35.5. The minimum atomic E-state index is -0.0788. The second-order valence-corrected chi connectivity index (χ2v) is 7.91. The van der Waals surface area contributed by atoms with E-state index in [0.29, 0.717) is 29.5 Å². The molecular weight excluding hydrogens is 384 g/mol. The molecule has 0 radical (unpaired) electrons. The summed E-state index contributed by atoms with van der Waals surface area (Å²) in [6, 6.07) is 13.1. The largest absolute Gasteiger partial charge is 0.490 e. The number of carbonyl (C=O) groups is 1. The van der Waals surface area contributed by atoms with Crippen molar-refractivity contribution >= 4 is 39.5 Å². The monoisotopic (exact) mass is 402 g/mol. The van der Waals surface area contributed by atoms with Crippen LogP contribution in [0.3, 0.4) is 0 Å². The first-order valence-corrected chi connectivity index (χ1v) is 9.92. The lowest BCUT2D eigenvalue weighted by Gasteiger charge is -2.30. The van der Waals surface area contributed by atoms with Crippen molar-refractivity contribution in [2.45, 2.75) is 19.4 Å². The summed E-state index contributed by atoms with van der Waals surface area (Å²) in [5.41, 5.74) is 0.925. The molecule has 5 nitrogen and oxygen atoms in total. The summed E-state index contributed by atoms with van der Waals surface area (Å²) in [4.78, 5) is 15.4. The Morgan fingerprint density at radius 2 is 2.22 bits per heavy atom. The van der Waals surface area contributed by atoms with E-state index in [2.05, 4.69) is 10.2 Å². The molecule has 0 saturated carbocycles. The van der Waals surface area contributed by atoms with Gasteiger partial charge in [0.2, 0.25) is 0 Å². The predicted octanol–water partition coefficient (Wildman–Crippen LogP) is 4.89. The molecule has 1 N–H and O–H groups in total. The maximum Gasteiger partial charge on any atom is 0.261 e. The second kappa shape index (κ2) is 7.66. The Balaban J connectivity index is 1.47. The van der Waals surface area contributed by atoms with Gasteiger partial charge in [0.1, 0.15) is 18.1 Å². The Labute approximate surface area is 166 Å². The number of fused-ring (bicyclic) bond motifs is 1. The topological polar surface area (TPSA) is 54.7 Å². The van der Waals surface area contributed by atoms with Gasteiger partial charge in [-0.05, 0) is 49.4 Å². The van der Waals surface area contributed by atoms with Gasteiger partial charge in [0.25, 0.3) is 5.91 Å². The highest BCUT2D eigenvalue weighted by Gasteiger charge is 2.22. The summed E-state index contributed by atoms with van der Waals surface area (Å²) in [7, 11) is 0. The first kappa shape index (κ1) is 17.9. The number of rotatable bonds is 5. The van der Waals surface area contributed by atoms with Crippen LogP contribution >= 0.6 is 22.9 Å². The molecule has 0 fully saturated rings. The number of halogens is 1. The number of hydrogen-bond donors (Lipinski definition) is 1. The number of thiophene rings is 1. The molecule has 1 unspecified atom stereocenters. The van der Waals surface area contributed by atoms with Gasteiger partial charge in [-0.25, -0.2) is 0 Å². The van der Waals surface area contributed by atoms with Gasteiger partial charge in [0, 0.05) is 17.5 Å². The molecule has 3 aromatic rings. The molecule has 1 aliphatic heterocycles. The average Bonchev–Trinajstić information content (AvgIpc) is 3.33. The van der Waals surface area contributed by atoms with Crippen molar-refractivity contribution in [3.63, 3.8) is 0 Å². The van der Waals surface area contributed by atoms with E-state index < -0.39 is 0 Å². The van der Waals surface area contributed by atoms with Crippen LogP contribution in [0.4, 0.5) is 10.7 Å². The SMILES string of the molecule is CC(Cc1ccco1)NC(=O)c1ccc(N2CCOc3ccc(Cl)cc32)s1. The third-order valence-corrected chi connectivity index (χ3v) is 5.67. The van der Waals surface area contributed by atoms with Crippen molar-refractivity contribution in [1.29, 1.82) is 0 Å². The van der Waals surface area contributed by atoms with Crippen LogP contribution in [0, 0.1) is 0 Å². The standard InChI is InChI=1S/C20H19ClN2O3S/c1-13(11-15-3-2-9-25-15)22-20(24)18-6-7-19(27-18)23-8-10-26-17-5-4-14(21)12-16(17)23/h2-7,9,12-13H,8,10-11H2,1H3,(H,22,24). The summed E-state index contributed by atoms with van der Waals surface area (Å²) in [5, 5.41) is 4.68. The molecule has 140 valence electrons. The Bertz CT molecular complexity index is 939. The lowest BCUT2D eigenvalue weighted by atomic mass is 10.2. The molecule has 7 heteroatoms. The Morgan fingerprint density at radius 3 is 3.04 bits per heavy atom. The predicted molar refractivity (Wildman–Crippen MR) is 108 cm³/mol. The molecule has 2 aromatic heterocycles. The molecule has 0 bridgehead atoms. The fourth-order valence-electron chi connectivity index (χ4n) is 3.09. The van der Waals surface area contributed by atoms with Crippen molar-refractivity contribution in [2.24, 2.45) is 0 Å². The normalized spacial score (nSPS) is 14.4. The number of furan rings is 1. The van der Waals surface area contributed by atoms with Gasteiger partial charge < -0.3 is 19.4 Å². The van der Waals surface area contributed by atoms with Crippen LogP contribution in [0.1, 0.15) is 22.4 Å². The van der Waals surface area contributed by atoms with Crippen LogP contribution in [-0.4, -0.2) is 25.1 Å². The van der Waals surface area contributed by atoms with Crippen LogP contribution in [0.25, 0.3) is 0 Å². The van der Waals surface area contributed by atoms with Crippen LogP contribution < -0.4 is 15.0 Å². The third kappa shape index (κ3) is 3.96. The number of ether oxygens (including phenoxy) is 1. The summed E-state index contributed by atoms with van der Waals surface area (Å²) in [5.74, 6) is 1.58. The molecule has 1 aliphatic rings. The molecule has 0 spiro atoms. The number of carbonyl (C=O) groups excluding carboxylic acids is 1. The lowest BCUT2D eigenvalue weighted by molar-refractivity contribution is 0.0943. The number of nitrogens with zero attached hydrogens (tertiary/aromatic N) is 1. The fraction of sp³-hybridized carbons (Fsp3) is 0.250. The molecule has 1 amide bonds. The fourth-order valence-corrected chi connectivity index (χ4v) is 4.21. The number of anilines is 2. The van der Waals surface area contributed by atoms with Gasteiger partial charge in [-0.2, -0.15) is 0 Å². The van der Waals surface area contributed by atoms with E-state index in [0.717, 1.165) is 22.2 Å². The first-order chi connectivity index (χ1) is 13.1. The second-order valence-electron chi connectivity index (χ2n) is 6.41. The first-order valence-electron chi connectivity index (χ1n) is 8.73. The van der Waals surface area contributed by atoms with Gasteiger partial charge in [0.15, 0.2) is 0 Å². The van der Waals surface area contributed by atoms with Crippen LogP contribution in [0.15, 0.2) is 53.1 Å². The van der Waals surface area contributed by atoms with Gasteiger partial charge in [0.05, 0.1) is 28.4 Å². The zero-order chi connectivity index (χ0) is 18.8. The highest BCUT2D eigenvalue weighted by Crippen LogP contribution is 2.40. The smallest absolute Gasteiger partial charge is 0.261 e. The van der Waals surface area contributed by atoms with Crippen LogP contribution in [0.5, 0.6) is 5.75 Å². The Kier molecular flexibility index (Phi) is 5.09. The highest BCUT2D eigenvalue weighted by molar-refractivity contribution is 7.18. The van der Waals surface area contributed by atoms with E-state index >= 15 is 0 Å². The lowest BCUT2D eigenvalue weighted by Crippen LogP contribution is -2.33. The summed E-state index contributed by atoms with van der Waals surface area (Å²) >= 11 is 7.61. The van der Waals surface area contributed by atoms with Gasteiger partial charge >= 0.3 is 0 Å². The Hall–Kier alpha value is -2.44. The number of benzene rings is 1. The number of nitrogens with one attached hydrogen (secondary N) is 1. The molecular formula is C20H19ClN2O3S. The minimum absolute atomic E-state index is 0.0166. The van der Waals surface area contributed by atoms with Crippen molar-refractivity contribution in [2.75, 3.05) is 18.1 Å². The molecule has 0 saturated heterocycles. The third-order valence-electron chi connectivity index (χ3n) is 4.33. The molecule has 1 atom stereocenters. The summed E-state index contributed by atoms with van der Waals surface area (Å²) in [6.45, 7) is 3.27. The van der Waals surface area contributed by atoms with E-state index in [4.69, 9.17) is 20.8 Å². The minimum Gasteiger partial charge on any atom is -0.490 e. The van der Waals surface area contributed by atoms with E-state index in [9.17, 15) is 4.79 Å². The summed E-state index contributed by atoms with van der Waals surface area (Å²) < 4.78 is 11.0. The molecule has 3 heterocycles. The van der Waals surface area contributed by atoms with Crippen molar-refractivity contribution in [3.8, 4) is 5.75 Å². The van der Waals surface area contributed by atoms with Gasteiger partial charge in [-0.1, -0.05) is 11.6 Å². The Morgan fingerprint density at radius 1 is 1.33 bits per heavy atom. The quantitative estimate of drug-likeness (QED) is 0.660. The van der Waals surface area contributed by atoms with Gasteiger partial charge in [-0.15, -0.1) is 11.3 Å². The van der Waals surface area contributed by atoms with E-state index in [1.807, 2.05) is 49.4 Å². The van der Waals surface area contributed by atoms with Crippen molar-refractivity contribution in [3.05, 3.63) is 64.4 Å². The van der Waals surface area contributed by atoms with E-state index in [1.165, 1.54) is 11.3 Å². The molecule has 4 rings (SSSR count). The number of amides is 1. The van der Waals surface area contributed by atoms with Crippen LogP contribution in [0.2, 0.25) is 5.02 Å².